The molecule has 1 atom stereocenters. The molecular formula is C12H24N2O3. The first-order valence-electron chi connectivity index (χ1n) is 5.73. The van der Waals surface area contributed by atoms with Crippen molar-refractivity contribution in [3.63, 3.8) is 0 Å². The van der Waals surface area contributed by atoms with Crippen LogP contribution in [-0.4, -0.2) is 61.5 Å². The molecule has 5 heteroatoms. The smallest absolute Gasteiger partial charge is 0.410 e. The van der Waals surface area contributed by atoms with E-state index in [0.29, 0.717) is 6.42 Å². The number of aldehydes is 1. The molecule has 0 saturated carbocycles. The van der Waals surface area contributed by atoms with Gasteiger partial charge >= 0.3 is 6.09 Å². The summed E-state index contributed by atoms with van der Waals surface area (Å²) in [5.74, 6) is 0. The van der Waals surface area contributed by atoms with Gasteiger partial charge in [-0.25, -0.2) is 4.79 Å². The van der Waals surface area contributed by atoms with E-state index in [1.807, 2.05) is 19.0 Å². The minimum absolute atomic E-state index is 0.438. The summed E-state index contributed by atoms with van der Waals surface area (Å²) in [6.07, 6.45) is 0.924. The van der Waals surface area contributed by atoms with Crippen molar-refractivity contribution in [1.82, 2.24) is 9.80 Å². The maximum absolute atomic E-state index is 11.7. The van der Waals surface area contributed by atoms with Gasteiger partial charge in [0.1, 0.15) is 11.9 Å². The van der Waals surface area contributed by atoms with E-state index in [2.05, 4.69) is 0 Å². The first-order chi connectivity index (χ1) is 7.67. The van der Waals surface area contributed by atoms with Crippen LogP contribution in [0.3, 0.4) is 0 Å². The van der Waals surface area contributed by atoms with Crippen molar-refractivity contribution in [2.24, 2.45) is 0 Å². The van der Waals surface area contributed by atoms with Crippen LogP contribution in [-0.2, 0) is 9.53 Å². The van der Waals surface area contributed by atoms with Crippen LogP contribution in [0, 0.1) is 0 Å². The maximum Gasteiger partial charge on any atom is 0.410 e. The van der Waals surface area contributed by atoms with Gasteiger partial charge in [0.05, 0.1) is 6.04 Å². The molecular weight excluding hydrogens is 220 g/mol. The summed E-state index contributed by atoms with van der Waals surface area (Å²) < 4.78 is 5.20. The first-order valence-corrected chi connectivity index (χ1v) is 5.73. The van der Waals surface area contributed by atoms with Crippen LogP contribution in [0.5, 0.6) is 0 Å². The highest BCUT2D eigenvalue weighted by Crippen LogP contribution is 2.11. The van der Waals surface area contributed by atoms with Crippen LogP contribution in [0.2, 0.25) is 0 Å². The summed E-state index contributed by atoms with van der Waals surface area (Å²) in [4.78, 5) is 26.0. The monoisotopic (exact) mass is 244 g/mol. The third-order valence-corrected chi connectivity index (χ3v) is 2.21. The zero-order chi connectivity index (χ0) is 13.6. The standard InChI is InChI=1S/C12H24N2O3/c1-12(2,3)17-11(16)14(6)10(9-15)7-8-13(4)5/h9-10H,7-8H2,1-6H3. The van der Waals surface area contributed by atoms with Gasteiger partial charge in [-0.2, -0.15) is 0 Å². The quantitative estimate of drug-likeness (QED) is 0.685. The molecule has 1 amide bonds. The second-order valence-corrected chi connectivity index (χ2v) is 5.39. The average Bonchev–Trinajstić information content (AvgIpc) is 2.15. The van der Waals surface area contributed by atoms with Crippen molar-refractivity contribution >= 4 is 12.4 Å². The minimum Gasteiger partial charge on any atom is -0.444 e. The van der Waals surface area contributed by atoms with Gasteiger partial charge in [0.2, 0.25) is 0 Å². The number of hydrogen-bond acceptors (Lipinski definition) is 4. The van der Waals surface area contributed by atoms with E-state index in [1.54, 1.807) is 27.8 Å². The van der Waals surface area contributed by atoms with Crippen LogP contribution in [0.25, 0.3) is 0 Å². The lowest BCUT2D eigenvalue weighted by atomic mass is 10.2. The van der Waals surface area contributed by atoms with Gasteiger partial charge in [0.25, 0.3) is 0 Å². The van der Waals surface area contributed by atoms with Gasteiger partial charge < -0.3 is 19.3 Å². The molecule has 0 heterocycles. The Morgan fingerprint density at radius 3 is 2.18 bits per heavy atom. The van der Waals surface area contributed by atoms with Gasteiger partial charge in [-0.05, 0) is 47.8 Å². The zero-order valence-corrected chi connectivity index (χ0v) is 11.7. The Kier molecular flexibility index (Phi) is 6.16. The van der Waals surface area contributed by atoms with E-state index in [9.17, 15) is 9.59 Å². The molecule has 0 spiro atoms. The molecule has 0 fully saturated rings. The summed E-state index contributed by atoms with van der Waals surface area (Å²) >= 11 is 0. The summed E-state index contributed by atoms with van der Waals surface area (Å²) in [6, 6.07) is -0.438. The predicted molar refractivity (Wildman–Crippen MR) is 67.0 cm³/mol. The highest BCUT2D eigenvalue weighted by atomic mass is 16.6. The summed E-state index contributed by atoms with van der Waals surface area (Å²) in [7, 11) is 5.44. The third-order valence-electron chi connectivity index (χ3n) is 2.21. The number of carbonyl (C=O) groups is 2. The molecule has 0 aromatic rings. The summed E-state index contributed by atoms with van der Waals surface area (Å²) in [6.45, 7) is 6.15. The highest BCUT2D eigenvalue weighted by Gasteiger charge is 2.24. The van der Waals surface area contributed by atoms with E-state index < -0.39 is 17.7 Å². The Bertz CT molecular complexity index is 259. The second kappa shape index (κ2) is 6.59. The number of nitrogens with zero attached hydrogens (tertiary/aromatic N) is 2. The zero-order valence-electron chi connectivity index (χ0n) is 11.7. The van der Waals surface area contributed by atoms with Crippen molar-refractivity contribution in [3.05, 3.63) is 0 Å². The lowest BCUT2D eigenvalue weighted by Gasteiger charge is -2.28. The van der Waals surface area contributed by atoms with E-state index in [1.165, 1.54) is 4.90 Å². The lowest BCUT2D eigenvalue weighted by molar-refractivity contribution is -0.112. The number of amides is 1. The molecule has 0 saturated heterocycles. The largest absolute Gasteiger partial charge is 0.444 e. The molecule has 0 bridgehead atoms. The average molecular weight is 244 g/mol. The van der Waals surface area contributed by atoms with E-state index >= 15 is 0 Å². The second-order valence-electron chi connectivity index (χ2n) is 5.39. The molecule has 1 unspecified atom stereocenters. The predicted octanol–water partition coefficient (Wildman–Crippen LogP) is 1.37. The Labute approximate surface area is 104 Å². The maximum atomic E-state index is 11.7. The third kappa shape index (κ3) is 6.94. The molecule has 5 nitrogen and oxygen atoms in total. The SMILES string of the molecule is CN(C)CCC(C=O)N(C)C(=O)OC(C)(C)C. The number of rotatable bonds is 5. The normalized spacial score (nSPS) is 13.4. The Morgan fingerprint density at radius 1 is 1.29 bits per heavy atom. The fraction of sp³-hybridized carbons (Fsp3) is 0.833. The first kappa shape index (κ1) is 15.9. The molecule has 0 rings (SSSR count). The van der Waals surface area contributed by atoms with Crippen LogP contribution in [0.4, 0.5) is 4.79 Å². The van der Waals surface area contributed by atoms with Gasteiger partial charge in [-0.15, -0.1) is 0 Å². The lowest BCUT2D eigenvalue weighted by Crippen LogP contribution is -2.42. The van der Waals surface area contributed by atoms with E-state index in [-0.39, 0.29) is 0 Å². The molecule has 0 aromatic heterocycles. The number of carbonyl (C=O) groups excluding carboxylic acids is 2. The van der Waals surface area contributed by atoms with Crippen LogP contribution in [0.1, 0.15) is 27.2 Å². The summed E-state index contributed by atoms with van der Waals surface area (Å²) in [5, 5.41) is 0. The Morgan fingerprint density at radius 2 is 1.82 bits per heavy atom. The number of hydrogen-bond donors (Lipinski definition) is 0. The molecule has 0 aromatic carbocycles. The Hall–Kier alpha value is -1.10. The van der Waals surface area contributed by atoms with Crippen LogP contribution < -0.4 is 0 Å². The number of likely N-dealkylation sites (N-methyl/N-ethyl adjacent to an activating group) is 1. The van der Waals surface area contributed by atoms with E-state index in [0.717, 1.165) is 12.8 Å². The van der Waals surface area contributed by atoms with Crippen molar-refractivity contribution < 1.29 is 14.3 Å². The molecule has 0 N–H and O–H groups in total. The molecule has 0 aliphatic rings. The van der Waals surface area contributed by atoms with Crippen molar-refractivity contribution in [3.8, 4) is 0 Å². The topological polar surface area (TPSA) is 49.9 Å². The molecule has 17 heavy (non-hydrogen) atoms. The molecule has 0 aliphatic carbocycles. The highest BCUT2D eigenvalue weighted by molar-refractivity contribution is 5.73. The fourth-order valence-electron chi connectivity index (χ4n) is 1.21. The minimum atomic E-state index is -0.541. The van der Waals surface area contributed by atoms with Gasteiger partial charge in [-0.3, -0.25) is 0 Å². The molecule has 0 radical (unpaired) electrons. The van der Waals surface area contributed by atoms with E-state index in [4.69, 9.17) is 4.74 Å². The molecule has 100 valence electrons. The van der Waals surface area contributed by atoms with Crippen molar-refractivity contribution in [2.75, 3.05) is 27.7 Å². The summed E-state index contributed by atoms with van der Waals surface area (Å²) in [5.41, 5.74) is -0.541. The number of ether oxygens (including phenoxy) is 1. The molecule has 0 aliphatic heterocycles. The van der Waals surface area contributed by atoms with Gasteiger partial charge in [0, 0.05) is 7.05 Å². The van der Waals surface area contributed by atoms with Crippen molar-refractivity contribution in [2.45, 2.75) is 38.8 Å². The fourth-order valence-corrected chi connectivity index (χ4v) is 1.21. The van der Waals surface area contributed by atoms with Gasteiger partial charge in [-0.1, -0.05) is 0 Å². The van der Waals surface area contributed by atoms with Crippen LogP contribution >= 0.6 is 0 Å². The van der Waals surface area contributed by atoms with Crippen LogP contribution in [0.15, 0.2) is 0 Å². The van der Waals surface area contributed by atoms with Gasteiger partial charge in [0.15, 0.2) is 0 Å². The Balaban J connectivity index is 4.37. The van der Waals surface area contributed by atoms with Crippen molar-refractivity contribution in [1.29, 1.82) is 0 Å².